The zero-order valence-electron chi connectivity index (χ0n) is 11.5. The standard InChI is InChI=1S/C13H27N3O/c1-4-9-16(10-12(17)15(2)3)13(11-14)7-5-6-8-13/h4-11,14H2,1-3H3. The Morgan fingerprint density at radius 1 is 1.29 bits per heavy atom. The molecule has 17 heavy (non-hydrogen) atoms. The van der Waals surface area contributed by atoms with Crippen LogP contribution in [0.15, 0.2) is 0 Å². The van der Waals surface area contributed by atoms with E-state index in [-0.39, 0.29) is 11.4 Å². The molecule has 4 nitrogen and oxygen atoms in total. The topological polar surface area (TPSA) is 49.6 Å². The molecule has 0 spiro atoms. The van der Waals surface area contributed by atoms with Gasteiger partial charge in [-0.15, -0.1) is 0 Å². The highest BCUT2D eigenvalue weighted by Gasteiger charge is 2.38. The van der Waals surface area contributed by atoms with Crippen molar-refractivity contribution in [2.24, 2.45) is 5.73 Å². The lowest BCUT2D eigenvalue weighted by atomic mass is 9.94. The molecule has 100 valence electrons. The van der Waals surface area contributed by atoms with Crippen molar-refractivity contribution in [3.05, 3.63) is 0 Å². The van der Waals surface area contributed by atoms with Gasteiger partial charge in [0, 0.05) is 26.2 Å². The van der Waals surface area contributed by atoms with Gasteiger partial charge in [0.2, 0.25) is 5.91 Å². The smallest absolute Gasteiger partial charge is 0.236 e. The van der Waals surface area contributed by atoms with Crippen LogP contribution in [0.4, 0.5) is 0 Å². The predicted molar refractivity (Wildman–Crippen MR) is 70.8 cm³/mol. The Kier molecular flexibility index (Phi) is 5.40. The largest absolute Gasteiger partial charge is 0.348 e. The number of nitrogens with zero attached hydrogens (tertiary/aromatic N) is 2. The molecule has 0 aromatic carbocycles. The van der Waals surface area contributed by atoms with Crippen molar-refractivity contribution in [2.45, 2.75) is 44.6 Å². The summed E-state index contributed by atoms with van der Waals surface area (Å²) in [6.07, 6.45) is 5.85. The first kappa shape index (κ1) is 14.5. The van der Waals surface area contributed by atoms with Crippen LogP contribution in [0.25, 0.3) is 0 Å². The molecule has 0 atom stereocenters. The Labute approximate surface area is 105 Å². The molecule has 1 aliphatic carbocycles. The zero-order valence-corrected chi connectivity index (χ0v) is 11.5. The molecule has 0 aliphatic heterocycles. The van der Waals surface area contributed by atoms with Gasteiger partial charge in [0.15, 0.2) is 0 Å². The summed E-state index contributed by atoms with van der Waals surface area (Å²) in [6, 6.07) is 0. The van der Waals surface area contributed by atoms with Crippen LogP contribution >= 0.6 is 0 Å². The highest BCUT2D eigenvalue weighted by Crippen LogP contribution is 2.34. The number of amides is 1. The number of carbonyl (C=O) groups excluding carboxylic acids is 1. The third kappa shape index (κ3) is 3.42. The van der Waals surface area contributed by atoms with Crippen molar-refractivity contribution < 1.29 is 4.79 Å². The molecule has 0 heterocycles. The molecule has 1 fully saturated rings. The van der Waals surface area contributed by atoms with E-state index in [0.29, 0.717) is 13.1 Å². The third-order valence-electron chi connectivity index (χ3n) is 3.90. The van der Waals surface area contributed by atoms with Crippen LogP contribution in [-0.4, -0.2) is 55.0 Å². The van der Waals surface area contributed by atoms with Crippen molar-refractivity contribution in [1.82, 2.24) is 9.80 Å². The van der Waals surface area contributed by atoms with E-state index in [2.05, 4.69) is 11.8 Å². The van der Waals surface area contributed by atoms with Gasteiger partial charge in [-0.2, -0.15) is 0 Å². The van der Waals surface area contributed by atoms with Crippen LogP contribution in [-0.2, 0) is 4.79 Å². The fourth-order valence-electron chi connectivity index (χ4n) is 2.74. The summed E-state index contributed by atoms with van der Waals surface area (Å²) in [5.41, 5.74) is 6.07. The number of carbonyl (C=O) groups is 1. The summed E-state index contributed by atoms with van der Waals surface area (Å²) in [5, 5.41) is 0. The average Bonchev–Trinajstić information content (AvgIpc) is 2.78. The Balaban J connectivity index is 2.72. The van der Waals surface area contributed by atoms with Crippen molar-refractivity contribution >= 4 is 5.91 Å². The molecule has 1 amide bonds. The zero-order chi connectivity index (χ0) is 12.9. The van der Waals surface area contributed by atoms with Crippen LogP contribution in [0.3, 0.4) is 0 Å². The third-order valence-corrected chi connectivity index (χ3v) is 3.90. The fourth-order valence-corrected chi connectivity index (χ4v) is 2.74. The maximum Gasteiger partial charge on any atom is 0.236 e. The Morgan fingerprint density at radius 3 is 2.29 bits per heavy atom. The first-order valence-electron chi connectivity index (χ1n) is 6.71. The number of hydrogen-bond acceptors (Lipinski definition) is 3. The molecular formula is C13H27N3O. The minimum atomic E-state index is 0.0850. The highest BCUT2D eigenvalue weighted by atomic mass is 16.2. The van der Waals surface area contributed by atoms with E-state index < -0.39 is 0 Å². The summed E-state index contributed by atoms with van der Waals surface area (Å²) in [4.78, 5) is 15.9. The summed E-state index contributed by atoms with van der Waals surface area (Å²) in [6.45, 7) is 4.31. The first-order valence-corrected chi connectivity index (χ1v) is 6.71. The summed E-state index contributed by atoms with van der Waals surface area (Å²) in [5.74, 6) is 0.179. The van der Waals surface area contributed by atoms with Gasteiger partial charge in [-0.25, -0.2) is 0 Å². The number of likely N-dealkylation sites (N-methyl/N-ethyl adjacent to an activating group) is 1. The van der Waals surface area contributed by atoms with E-state index >= 15 is 0 Å². The summed E-state index contributed by atoms with van der Waals surface area (Å²) < 4.78 is 0. The van der Waals surface area contributed by atoms with Gasteiger partial charge in [-0.1, -0.05) is 19.8 Å². The van der Waals surface area contributed by atoms with Crippen molar-refractivity contribution in [3.63, 3.8) is 0 Å². The summed E-state index contributed by atoms with van der Waals surface area (Å²) >= 11 is 0. The number of rotatable bonds is 6. The molecule has 0 saturated heterocycles. The maximum absolute atomic E-state index is 11.9. The molecule has 2 N–H and O–H groups in total. The molecular weight excluding hydrogens is 214 g/mol. The normalized spacial score (nSPS) is 18.6. The van der Waals surface area contributed by atoms with Gasteiger partial charge in [0.1, 0.15) is 0 Å². The number of nitrogens with two attached hydrogens (primary N) is 1. The fraction of sp³-hybridized carbons (Fsp3) is 0.923. The molecule has 0 aromatic heterocycles. The minimum Gasteiger partial charge on any atom is -0.348 e. The van der Waals surface area contributed by atoms with Crippen LogP contribution in [0.5, 0.6) is 0 Å². The quantitative estimate of drug-likeness (QED) is 0.756. The molecule has 4 heteroatoms. The van der Waals surface area contributed by atoms with Crippen LogP contribution in [0, 0.1) is 0 Å². The molecule has 0 aromatic rings. The second-order valence-electron chi connectivity index (χ2n) is 5.35. The van der Waals surface area contributed by atoms with Gasteiger partial charge < -0.3 is 10.6 Å². The Hall–Kier alpha value is -0.610. The lowest BCUT2D eigenvalue weighted by Gasteiger charge is -2.40. The molecule has 1 rings (SSSR count). The lowest BCUT2D eigenvalue weighted by Crippen LogP contribution is -2.55. The second kappa shape index (κ2) is 6.36. The summed E-state index contributed by atoms with van der Waals surface area (Å²) in [7, 11) is 3.63. The van der Waals surface area contributed by atoms with Gasteiger partial charge in [-0.05, 0) is 25.8 Å². The second-order valence-corrected chi connectivity index (χ2v) is 5.35. The van der Waals surface area contributed by atoms with Crippen LogP contribution in [0.2, 0.25) is 0 Å². The maximum atomic E-state index is 11.9. The van der Waals surface area contributed by atoms with Gasteiger partial charge >= 0.3 is 0 Å². The van der Waals surface area contributed by atoms with E-state index in [0.717, 1.165) is 25.8 Å². The first-order chi connectivity index (χ1) is 8.05. The van der Waals surface area contributed by atoms with E-state index in [4.69, 9.17) is 5.73 Å². The Morgan fingerprint density at radius 2 is 1.88 bits per heavy atom. The van der Waals surface area contributed by atoms with E-state index in [1.807, 2.05) is 14.1 Å². The monoisotopic (exact) mass is 241 g/mol. The average molecular weight is 241 g/mol. The molecule has 0 unspecified atom stereocenters. The van der Waals surface area contributed by atoms with E-state index in [1.165, 1.54) is 12.8 Å². The molecule has 1 aliphatic rings. The molecule has 0 radical (unpaired) electrons. The van der Waals surface area contributed by atoms with Crippen molar-refractivity contribution in [2.75, 3.05) is 33.7 Å². The van der Waals surface area contributed by atoms with Crippen molar-refractivity contribution in [3.8, 4) is 0 Å². The number of hydrogen-bond donors (Lipinski definition) is 1. The van der Waals surface area contributed by atoms with Gasteiger partial charge in [0.25, 0.3) is 0 Å². The van der Waals surface area contributed by atoms with Crippen LogP contribution < -0.4 is 5.73 Å². The SMILES string of the molecule is CCCN(CC(=O)N(C)C)C1(CN)CCCC1. The minimum absolute atomic E-state index is 0.0850. The van der Waals surface area contributed by atoms with Gasteiger partial charge in [-0.3, -0.25) is 9.69 Å². The van der Waals surface area contributed by atoms with Crippen LogP contribution in [0.1, 0.15) is 39.0 Å². The highest BCUT2D eigenvalue weighted by molar-refractivity contribution is 5.77. The lowest BCUT2D eigenvalue weighted by molar-refractivity contribution is -0.131. The van der Waals surface area contributed by atoms with E-state index in [1.54, 1.807) is 4.90 Å². The molecule has 0 bridgehead atoms. The van der Waals surface area contributed by atoms with Gasteiger partial charge in [0.05, 0.1) is 6.54 Å². The predicted octanol–water partition coefficient (Wildman–Crippen LogP) is 1.06. The Bertz CT molecular complexity index is 247. The van der Waals surface area contributed by atoms with E-state index in [9.17, 15) is 4.79 Å². The van der Waals surface area contributed by atoms with Crippen molar-refractivity contribution in [1.29, 1.82) is 0 Å². The molecule has 1 saturated carbocycles.